The van der Waals surface area contributed by atoms with Crippen molar-refractivity contribution in [3.63, 3.8) is 0 Å². The summed E-state index contributed by atoms with van der Waals surface area (Å²) < 4.78 is 4.04. The molecule has 0 radical (unpaired) electrons. The predicted octanol–water partition coefficient (Wildman–Crippen LogP) is 3.88. The maximum absolute atomic E-state index is 13.0. The van der Waals surface area contributed by atoms with E-state index in [-0.39, 0.29) is 5.91 Å². The first-order valence-corrected chi connectivity index (χ1v) is 10.4. The minimum absolute atomic E-state index is 0.161. The smallest absolute Gasteiger partial charge is 0.253 e. The van der Waals surface area contributed by atoms with E-state index in [1.165, 1.54) is 5.56 Å². The summed E-state index contributed by atoms with van der Waals surface area (Å²) in [6, 6.07) is 17.9. The van der Waals surface area contributed by atoms with Crippen molar-refractivity contribution in [3.05, 3.63) is 108 Å². The monoisotopic (exact) mass is 422 g/mol. The van der Waals surface area contributed by atoms with Crippen molar-refractivity contribution in [3.8, 4) is 11.4 Å². The zero-order valence-electron chi connectivity index (χ0n) is 17.6. The molecule has 5 aromatic rings. The van der Waals surface area contributed by atoms with Crippen LogP contribution in [0.15, 0.2) is 85.7 Å². The molecule has 158 valence electrons. The number of pyridine rings is 1. The second-order valence-corrected chi connectivity index (χ2v) is 7.65. The van der Waals surface area contributed by atoms with Crippen molar-refractivity contribution in [2.75, 3.05) is 0 Å². The molecule has 1 aromatic carbocycles. The third-order valence-corrected chi connectivity index (χ3v) is 5.29. The van der Waals surface area contributed by atoms with E-state index in [1.807, 2.05) is 77.1 Å². The van der Waals surface area contributed by atoms with Crippen LogP contribution in [-0.4, -0.2) is 29.8 Å². The van der Waals surface area contributed by atoms with Crippen molar-refractivity contribution in [2.45, 2.75) is 20.0 Å². The summed E-state index contributed by atoms with van der Waals surface area (Å²) in [7, 11) is 0. The third-order valence-electron chi connectivity index (χ3n) is 5.29. The van der Waals surface area contributed by atoms with E-state index in [9.17, 15) is 4.79 Å². The average Bonchev–Trinajstić information content (AvgIpc) is 3.44. The number of carbonyl (C=O) groups is 1. The van der Waals surface area contributed by atoms with Gasteiger partial charge in [0, 0.05) is 25.1 Å². The third kappa shape index (κ3) is 4.00. The van der Waals surface area contributed by atoms with E-state index in [1.54, 1.807) is 12.4 Å². The van der Waals surface area contributed by atoms with E-state index >= 15 is 0 Å². The number of carbonyl (C=O) groups excluding carboxylic acids is 1. The first-order chi connectivity index (χ1) is 15.7. The van der Waals surface area contributed by atoms with Crippen LogP contribution in [-0.2, 0) is 13.1 Å². The zero-order valence-corrected chi connectivity index (χ0v) is 17.6. The number of benzene rings is 1. The molecule has 0 bridgehead atoms. The lowest BCUT2D eigenvalue weighted by atomic mass is 10.2. The highest BCUT2D eigenvalue weighted by molar-refractivity contribution is 6.02. The van der Waals surface area contributed by atoms with Crippen LogP contribution in [0, 0.1) is 6.92 Å². The summed E-state index contributed by atoms with van der Waals surface area (Å²) in [5.74, 6) is -0.161. The van der Waals surface area contributed by atoms with Gasteiger partial charge in [-0.3, -0.25) is 14.8 Å². The second-order valence-electron chi connectivity index (χ2n) is 7.65. The summed E-state index contributed by atoms with van der Waals surface area (Å²) in [5.41, 5.74) is 5.86. The van der Waals surface area contributed by atoms with E-state index in [4.69, 9.17) is 0 Å². The Balaban J connectivity index is 1.41. The maximum Gasteiger partial charge on any atom is 0.253 e. The zero-order chi connectivity index (χ0) is 21.9. The summed E-state index contributed by atoms with van der Waals surface area (Å²) in [4.78, 5) is 26.1. The highest BCUT2D eigenvalue weighted by Gasteiger charge is 2.17. The number of imidazole rings is 1. The van der Waals surface area contributed by atoms with Crippen LogP contribution in [0.5, 0.6) is 0 Å². The summed E-state index contributed by atoms with van der Waals surface area (Å²) >= 11 is 0. The molecule has 0 aliphatic rings. The first-order valence-electron chi connectivity index (χ1n) is 10.4. The normalized spacial score (nSPS) is 11.0. The van der Waals surface area contributed by atoms with Gasteiger partial charge in [-0.2, -0.15) is 0 Å². The van der Waals surface area contributed by atoms with Crippen molar-refractivity contribution in [1.82, 2.24) is 29.2 Å². The van der Waals surface area contributed by atoms with Crippen LogP contribution in [0.3, 0.4) is 0 Å². The first kappa shape index (κ1) is 19.7. The fraction of sp³-hybridized carbons (Fsp3) is 0.120. The Morgan fingerprint density at radius 1 is 1.00 bits per heavy atom. The molecule has 7 nitrogen and oxygen atoms in total. The van der Waals surface area contributed by atoms with Crippen LogP contribution >= 0.6 is 0 Å². The van der Waals surface area contributed by atoms with Gasteiger partial charge in [0.15, 0.2) is 0 Å². The van der Waals surface area contributed by atoms with E-state index in [0.29, 0.717) is 17.8 Å². The molecular weight excluding hydrogens is 400 g/mol. The van der Waals surface area contributed by atoms with Gasteiger partial charge in [-0.25, -0.2) is 4.98 Å². The van der Waals surface area contributed by atoms with Crippen LogP contribution in [0.4, 0.5) is 0 Å². The molecule has 0 aliphatic carbocycles. The van der Waals surface area contributed by atoms with Gasteiger partial charge in [-0.05, 0) is 30.7 Å². The molecule has 0 aliphatic heterocycles. The van der Waals surface area contributed by atoms with E-state index in [2.05, 4.69) is 32.4 Å². The van der Waals surface area contributed by atoms with Crippen molar-refractivity contribution >= 4 is 11.4 Å². The quantitative estimate of drug-likeness (QED) is 0.451. The molecule has 0 spiro atoms. The van der Waals surface area contributed by atoms with Crippen LogP contribution < -0.4 is 5.32 Å². The van der Waals surface area contributed by atoms with Gasteiger partial charge in [0.05, 0.1) is 47.2 Å². The van der Waals surface area contributed by atoms with Crippen LogP contribution in [0.25, 0.3) is 16.9 Å². The van der Waals surface area contributed by atoms with Crippen molar-refractivity contribution < 1.29 is 4.79 Å². The topological polar surface area (TPSA) is 77.1 Å². The highest BCUT2D eigenvalue weighted by atomic mass is 16.1. The number of amides is 1. The molecule has 4 heterocycles. The van der Waals surface area contributed by atoms with Crippen LogP contribution in [0.2, 0.25) is 0 Å². The average molecular weight is 422 g/mol. The molecule has 32 heavy (non-hydrogen) atoms. The minimum atomic E-state index is -0.161. The molecule has 0 fully saturated rings. The van der Waals surface area contributed by atoms with E-state index in [0.717, 1.165) is 29.1 Å². The number of aryl methyl sites for hydroxylation is 1. The molecule has 1 amide bonds. The van der Waals surface area contributed by atoms with Gasteiger partial charge in [-0.15, -0.1) is 0 Å². The Kier molecular flexibility index (Phi) is 5.21. The molecule has 0 saturated heterocycles. The lowest BCUT2D eigenvalue weighted by Crippen LogP contribution is -2.23. The Hall–Kier alpha value is -4.26. The summed E-state index contributed by atoms with van der Waals surface area (Å²) in [6.45, 7) is 2.94. The van der Waals surface area contributed by atoms with Gasteiger partial charge < -0.3 is 14.3 Å². The molecule has 7 heteroatoms. The highest BCUT2D eigenvalue weighted by Crippen LogP contribution is 2.25. The molecule has 0 atom stereocenters. The van der Waals surface area contributed by atoms with Crippen molar-refractivity contribution in [2.24, 2.45) is 0 Å². The number of hydrogen-bond acceptors (Lipinski definition) is 4. The molecule has 0 unspecified atom stereocenters. The lowest BCUT2D eigenvalue weighted by molar-refractivity contribution is 0.0952. The molecule has 1 N–H and O–H groups in total. The van der Waals surface area contributed by atoms with Gasteiger partial charge in [-0.1, -0.05) is 36.4 Å². The second kappa shape index (κ2) is 8.47. The number of nitrogens with zero attached hydrogens (tertiary/aromatic N) is 5. The molecule has 4 aromatic heterocycles. The van der Waals surface area contributed by atoms with Gasteiger partial charge in [0.25, 0.3) is 5.91 Å². The van der Waals surface area contributed by atoms with Crippen LogP contribution in [0.1, 0.15) is 27.3 Å². The molecule has 0 saturated carbocycles. The largest absolute Gasteiger partial charge is 0.346 e. The summed E-state index contributed by atoms with van der Waals surface area (Å²) in [6.07, 6.45) is 9.15. The van der Waals surface area contributed by atoms with E-state index < -0.39 is 0 Å². The summed E-state index contributed by atoms with van der Waals surface area (Å²) in [5, 5.41) is 2.95. The Bertz CT molecular complexity index is 1370. The Morgan fingerprint density at radius 3 is 2.66 bits per heavy atom. The SMILES string of the molecule is Cc1cnc(CNC(=O)c2cc(-c3cn(Cc4ccccc4)cn3)n3ccccc23)cn1. The number of hydrogen-bond donors (Lipinski definition) is 1. The van der Waals surface area contributed by atoms with Gasteiger partial charge in [0.1, 0.15) is 5.69 Å². The minimum Gasteiger partial charge on any atom is -0.346 e. The number of fused-ring (bicyclic) bond motifs is 1. The Morgan fingerprint density at radius 2 is 1.84 bits per heavy atom. The Labute approximate surface area is 185 Å². The standard InChI is InChI=1S/C25H22N6O/c1-18-12-27-20(13-26-18)14-28-25(32)21-11-24(31-10-6-5-9-23(21)31)22-16-30(17-29-22)15-19-7-3-2-4-8-19/h2-13,16-17H,14-15H2,1H3,(H,28,32). The fourth-order valence-electron chi connectivity index (χ4n) is 3.68. The maximum atomic E-state index is 13.0. The fourth-order valence-corrected chi connectivity index (χ4v) is 3.68. The predicted molar refractivity (Wildman–Crippen MR) is 122 cm³/mol. The van der Waals surface area contributed by atoms with Gasteiger partial charge >= 0.3 is 0 Å². The number of aromatic nitrogens is 5. The number of rotatable bonds is 6. The lowest BCUT2D eigenvalue weighted by Gasteiger charge is -2.04. The molecular formula is C25H22N6O. The van der Waals surface area contributed by atoms with Crippen molar-refractivity contribution in [1.29, 1.82) is 0 Å². The molecule has 5 rings (SSSR count). The van der Waals surface area contributed by atoms with Gasteiger partial charge in [0.2, 0.25) is 0 Å². The number of nitrogens with one attached hydrogen (secondary N) is 1.